The first-order valence-corrected chi connectivity index (χ1v) is 6.72. The molecule has 0 saturated carbocycles. The fourth-order valence-electron chi connectivity index (χ4n) is 1.48. The summed E-state index contributed by atoms with van der Waals surface area (Å²) in [5, 5.41) is 19.7. The Kier molecular flexibility index (Phi) is 5.92. The number of benzene rings is 1. The summed E-state index contributed by atoms with van der Waals surface area (Å²) in [5.74, 6) is -0.691. The zero-order valence-corrected chi connectivity index (χ0v) is 11.6. The van der Waals surface area contributed by atoms with E-state index in [-0.39, 0.29) is 10.7 Å². The van der Waals surface area contributed by atoms with Gasteiger partial charge < -0.3 is 5.11 Å². The van der Waals surface area contributed by atoms with Gasteiger partial charge in [0.25, 0.3) is 5.69 Å². The molecule has 0 amide bonds. The Morgan fingerprint density at radius 3 is 2.70 bits per heavy atom. The van der Waals surface area contributed by atoms with Crippen LogP contribution in [0.15, 0.2) is 24.3 Å². The zero-order chi connectivity index (χ0) is 15.1. The second-order valence-corrected chi connectivity index (χ2v) is 5.14. The molecule has 0 aliphatic carbocycles. The summed E-state index contributed by atoms with van der Waals surface area (Å²) < 4.78 is 0. The maximum atomic E-state index is 11.0. The average Bonchev–Trinajstić information content (AvgIpc) is 2.37. The molecule has 0 unspecified atom stereocenters. The van der Waals surface area contributed by atoms with Crippen LogP contribution < -0.4 is 0 Å². The topological polar surface area (TPSA) is 97.5 Å². The van der Waals surface area contributed by atoms with Gasteiger partial charge in [-0.3, -0.25) is 14.9 Å². The Morgan fingerprint density at radius 1 is 1.45 bits per heavy atom. The molecule has 0 bridgehead atoms. The molecule has 0 saturated heterocycles. The van der Waals surface area contributed by atoms with E-state index in [9.17, 15) is 19.7 Å². The minimum Gasteiger partial charge on any atom is -0.477 e. The summed E-state index contributed by atoms with van der Waals surface area (Å²) in [7, 11) is 0. The van der Waals surface area contributed by atoms with E-state index in [2.05, 4.69) is 0 Å². The molecule has 1 aromatic rings. The maximum Gasteiger partial charge on any atom is 0.342 e. The molecule has 0 fully saturated rings. The van der Waals surface area contributed by atoms with Crippen LogP contribution in [0, 0.1) is 10.1 Å². The van der Waals surface area contributed by atoms with Crippen LogP contribution in [-0.2, 0) is 4.79 Å². The SMILES string of the molecule is CC(=O)SCCC=Cc1ccc([N+](=O)[O-])c(C(=O)O)c1. The number of allylic oxidation sites excluding steroid dienone is 1. The van der Waals surface area contributed by atoms with Gasteiger partial charge in [-0.25, -0.2) is 4.79 Å². The van der Waals surface area contributed by atoms with Gasteiger partial charge in [-0.05, 0) is 24.1 Å². The number of nitro groups is 1. The number of hydrogen-bond acceptors (Lipinski definition) is 5. The normalized spacial score (nSPS) is 10.7. The van der Waals surface area contributed by atoms with Crippen LogP contribution in [0.2, 0.25) is 0 Å². The number of carbonyl (C=O) groups is 2. The van der Waals surface area contributed by atoms with Gasteiger partial charge in [0.05, 0.1) is 4.92 Å². The molecule has 1 aromatic carbocycles. The highest BCUT2D eigenvalue weighted by Gasteiger charge is 2.19. The standard InChI is InChI=1S/C13H13NO5S/c1-9(15)20-7-3-2-4-10-5-6-12(14(18)19)11(8-10)13(16)17/h2,4-6,8H,3,7H2,1H3,(H,16,17). The predicted molar refractivity (Wildman–Crippen MR) is 76.8 cm³/mol. The number of rotatable bonds is 6. The molecular weight excluding hydrogens is 282 g/mol. The smallest absolute Gasteiger partial charge is 0.342 e. The van der Waals surface area contributed by atoms with Gasteiger partial charge in [0.2, 0.25) is 0 Å². The molecule has 0 aliphatic heterocycles. The van der Waals surface area contributed by atoms with Crippen LogP contribution >= 0.6 is 11.8 Å². The van der Waals surface area contributed by atoms with Gasteiger partial charge >= 0.3 is 5.97 Å². The number of thioether (sulfide) groups is 1. The summed E-state index contributed by atoms with van der Waals surface area (Å²) in [4.78, 5) is 31.6. The van der Waals surface area contributed by atoms with Gasteiger partial charge in [-0.1, -0.05) is 23.9 Å². The Balaban J connectivity index is 2.79. The van der Waals surface area contributed by atoms with E-state index in [0.29, 0.717) is 17.7 Å². The first-order chi connectivity index (χ1) is 9.41. The highest BCUT2D eigenvalue weighted by Crippen LogP contribution is 2.21. The Labute approximate surface area is 119 Å². The molecule has 0 radical (unpaired) electrons. The van der Waals surface area contributed by atoms with Crippen LogP contribution in [0.5, 0.6) is 0 Å². The van der Waals surface area contributed by atoms with Crippen molar-refractivity contribution in [2.45, 2.75) is 13.3 Å². The van der Waals surface area contributed by atoms with E-state index in [1.807, 2.05) is 0 Å². The largest absolute Gasteiger partial charge is 0.477 e. The van der Waals surface area contributed by atoms with Crippen LogP contribution in [0.3, 0.4) is 0 Å². The lowest BCUT2D eigenvalue weighted by Gasteiger charge is -2.00. The lowest BCUT2D eigenvalue weighted by Crippen LogP contribution is -2.02. The molecule has 1 N–H and O–H groups in total. The molecule has 0 spiro atoms. The van der Waals surface area contributed by atoms with Crippen molar-refractivity contribution >= 4 is 34.6 Å². The number of carboxylic acids is 1. The van der Waals surface area contributed by atoms with E-state index < -0.39 is 16.6 Å². The highest BCUT2D eigenvalue weighted by molar-refractivity contribution is 8.13. The molecule has 0 atom stereocenters. The maximum absolute atomic E-state index is 11.0. The molecule has 0 aliphatic rings. The number of hydrogen-bond donors (Lipinski definition) is 1. The molecule has 6 nitrogen and oxygen atoms in total. The summed E-state index contributed by atoms with van der Waals surface area (Å²) in [6.45, 7) is 1.49. The van der Waals surface area contributed by atoms with Crippen molar-refractivity contribution in [1.29, 1.82) is 0 Å². The van der Waals surface area contributed by atoms with Crippen molar-refractivity contribution in [2.24, 2.45) is 0 Å². The summed E-state index contributed by atoms with van der Waals surface area (Å²) in [6.07, 6.45) is 4.13. The third-order valence-corrected chi connectivity index (χ3v) is 3.19. The molecular formula is C13H13NO5S. The lowest BCUT2D eigenvalue weighted by molar-refractivity contribution is -0.385. The minimum atomic E-state index is -1.33. The Morgan fingerprint density at radius 2 is 2.15 bits per heavy atom. The van der Waals surface area contributed by atoms with Crippen molar-refractivity contribution in [3.8, 4) is 0 Å². The van der Waals surface area contributed by atoms with Crippen molar-refractivity contribution in [1.82, 2.24) is 0 Å². The van der Waals surface area contributed by atoms with Crippen LogP contribution in [-0.4, -0.2) is 26.9 Å². The average molecular weight is 295 g/mol. The molecule has 0 aromatic heterocycles. The lowest BCUT2D eigenvalue weighted by atomic mass is 10.1. The van der Waals surface area contributed by atoms with Crippen LogP contribution in [0.4, 0.5) is 5.69 Å². The second-order valence-electron chi connectivity index (χ2n) is 3.87. The monoisotopic (exact) mass is 295 g/mol. The van der Waals surface area contributed by atoms with Gasteiger partial charge in [0.1, 0.15) is 5.56 Å². The summed E-state index contributed by atoms with van der Waals surface area (Å²) in [6, 6.07) is 3.92. The van der Waals surface area contributed by atoms with Crippen molar-refractivity contribution in [3.63, 3.8) is 0 Å². The fourth-order valence-corrected chi connectivity index (χ4v) is 2.02. The second kappa shape index (κ2) is 7.44. The van der Waals surface area contributed by atoms with E-state index >= 15 is 0 Å². The van der Waals surface area contributed by atoms with Crippen LogP contribution in [0.25, 0.3) is 6.08 Å². The number of carboxylic acid groups (broad SMARTS) is 1. The van der Waals surface area contributed by atoms with Gasteiger partial charge in [-0.15, -0.1) is 0 Å². The predicted octanol–water partition coefficient (Wildman–Crippen LogP) is 2.98. The molecule has 7 heteroatoms. The van der Waals surface area contributed by atoms with Crippen LogP contribution in [0.1, 0.15) is 29.3 Å². The molecule has 106 valence electrons. The van der Waals surface area contributed by atoms with Crippen molar-refractivity contribution in [3.05, 3.63) is 45.5 Å². The van der Waals surface area contributed by atoms with Gasteiger partial charge in [0.15, 0.2) is 5.12 Å². The summed E-state index contributed by atoms with van der Waals surface area (Å²) in [5.41, 5.74) is -0.196. The van der Waals surface area contributed by atoms with Crippen molar-refractivity contribution in [2.75, 3.05) is 5.75 Å². The zero-order valence-electron chi connectivity index (χ0n) is 10.7. The number of aromatic carboxylic acids is 1. The third-order valence-electron chi connectivity index (χ3n) is 2.35. The van der Waals surface area contributed by atoms with Gasteiger partial charge in [-0.2, -0.15) is 0 Å². The van der Waals surface area contributed by atoms with E-state index in [1.54, 1.807) is 12.2 Å². The van der Waals surface area contributed by atoms with Gasteiger partial charge in [0, 0.05) is 18.7 Å². The van der Waals surface area contributed by atoms with Crippen molar-refractivity contribution < 1.29 is 19.6 Å². The number of carbonyl (C=O) groups excluding carboxylic acids is 1. The minimum absolute atomic E-state index is 0.0434. The molecule has 0 heterocycles. The summed E-state index contributed by atoms with van der Waals surface area (Å²) >= 11 is 1.21. The van der Waals surface area contributed by atoms with E-state index in [0.717, 1.165) is 0 Å². The highest BCUT2D eigenvalue weighted by atomic mass is 32.2. The number of nitrogens with zero attached hydrogens (tertiary/aromatic N) is 1. The number of nitro benzene ring substituents is 1. The van der Waals surface area contributed by atoms with E-state index in [4.69, 9.17) is 5.11 Å². The Hall–Kier alpha value is -2.15. The first-order valence-electron chi connectivity index (χ1n) is 5.73. The first kappa shape index (κ1) is 15.9. The molecule has 20 heavy (non-hydrogen) atoms. The molecule has 1 rings (SSSR count). The fraction of sp³-hybridized carbons (Fsp3) is 0.231. The van der Waals surface area contributed by atoms with E-state index in [1.165, 1.54) is 36.9 Å². The Bertz CT molecular complexity index is 568. The quantitative estimate of drug-likeness (QED) is 0.492. The third kappa shape index (κ3) is 4.85.